The van der Waals surface area contributed by atoms with Crippen molar-refractivity contribution in [3.63, 3.8) is 0 Å². The fourth-order valence-electron chi connectivity index (χ4n) is 4.83. The number of methoxy groups -OCH3 is 1. The highest BCUT2D eigenvalue weighted by Gasteiger charge is 2.41. The Kier molecular flexibility index (Phi) is 7.20. The van der Waals surface area contributed by atoms with Gasteiger partial charge in [-0.2, -0.15) is 0 Å². The van der Waals surface area contributed by atoms with Gasteiger partial charge < -0.3 is 15.0 Å². The summed E-state index contributed by atoms with van der Waals surface area (Å²) in [6.07, 6.45) is 1.18. The van der Waals surface area contributed by atoms with Crippen molar-refractivity contribution in [1.82, 2.24) is 10.2 Å². The summed E-state index contributed by atoms with van der Waals surface area (Å²) >= 11 is 0. The maximum Gasteiger partial charge on any atom is 0.269 e. The Labute approximate surface area is 192 Å². The van der Waals surface area contributed by atoms with Gasteiger partial charge in [0.1, 0.15) is 5.82 Å². The number of nitro groups is 1. The van der Waals surface area contributed by atoms with Gasteiger partial charge in [-0.05, 0) is 42.2 Å². The van der Waals surface area contributed by atoms with E-state index in [9.17, 15) is 19.3 Å². The van der Waals surface area contributed by atoms with Gasteiger partial charge in [0.15, 0.2) is 0 Å². The molecule has 176 valence electrons. The van der Waals surface area contributed by atoms with E-state index in [0.29, 0.717) is 39.2 Å². The van der Waals surface area contributed by atoms with E-state index in [1.54, 1.807) is 25.3 Å². The van der Waals surface area contributed by atoms with Crippen LogP contribution in [-0.2, 0) is 22.5 Å². The van der Waals surface area contributed by atoms with Crippen LogP contribution in [0.15, 0.2) is 42.5 Å². The lowest BCUT2D eigenvalue weighted by atomic mass is 9.83. The van der Waals surface area contributed by atoms with E-state index in [4.69, 9.17) is 4.74 Å². The molecule has 4 rings (SSSR count). The number of non-ortho nitro benzene ring substituents is 1. The Bertz CT molecular complexity index is 1000. The first-order chi connectivity index (χ1) is 16.0. The van der Waals surface area contributed by atoms with Crippen LogP contribution in [0.4, 0.5) is 15.8 Å². The topological polar surface area (TPSA) is 87.9 Å². The van der Waals surface area contributed by atoms with Crippen molar-refractivity contribution in [3.8, 4) is 0 Å². The molecule has 2 atom stereocenters. The molecule has 2 aromatic rings. The third kappa shape index (κ3) is 5.31. The second-order valence-corrected chi connectivity index (χ2v) is 8.64. The number of nitrogens with one attached hydrogen (secondary N) is 1. The first kappa shape index (κ1) is 23.1. The third-order valence-corrected chi connectivity index (χ3v) is 6.47. The number of carbonyl (C=O) groups excluding carboxylic acids is 1. The molecular weight excluding hydrogens is 427 g/mol. The molecule has 1 saturated heterocycles. The zero-order chi connectivity index (χ0) is 23.4. The Hall–Kier alpha value is -3.04. The summed E-state index contributed by atoms with van der Waals surface area (Å²) in [4.78, 5) is 28.6. The highest BCUT2D eigenvalue weighted by Crippen LogP contribution is 2.38. The van der Waals surface area contributed by atoms with E-state index in [1.165, 1.54) is 18.2 Å². The maximum atomic E-state index is 13.3. The molecule has 33 heavy (non-hydrogen) atoms. The molecule has 8 nitrogen and oxygen atoms in total. The SMILES string of the molecule is COCCCNC(=O)[C@H]1Cc2cc([N+](=O)[O-])ccc2N2CCN(Cc3ccc(F)cc3)C[C@H]12. The Morgan fingerprint density at radius 3 is 2.76 bits per heavy atom. The Morgan fingerprint density at radius 1 is 1.24 bits per heavy atom. The molecule has 2 aliphatic heterocycles. The number of ether oxygens (including phenoxy) is 1. The van der Waals surface area contributed by atoms with E-state index in [1.807, 2.05) is 6.07 Å². The number of nitrogens with zero attached hydrogens (tertiary/aromatic N) is 3. The fourth-order valence-corrected chi connectivity index (χ4v) is 4.83. The van der Waals surface area contributed by atoms with Gasteiger partial charge in [-0.15, -0.1) is 0 Å². The number of halogens is 1. The van der Waals surface area contributed by atoms with Crippen molar-refractivity contribution in [1.29, 1.82) is 0 Å². The molecule has 2 heterocycles. The normalized spacial score (nSPS) is 20.1. The van der Waals surface area contributed by atoms with Gasteiger partial charge >= 0.3 is 0 Å². The lowest BCUT2D eigenvalue weighted by Gasteiger charge is -2.49. The molecule has 1 fully saturated rings. The first-order valence-electron chi connectivity index (χ1n) is 11.2. The average molecular weight is 457 g/mol. The molecular formula is C24H29FN4O4. The predicted molar refractivity (Wildman–Crippen MR) is 123 cm³/mol. The van der Waals surface area contributed by atoms with Gasteiger partial charge in [0.2, 0.25) is 5.91 Å². The summed E-state index contributed by atoms with van der Waals surface area (Å²) in [5.41, 5.74) is 2.87. The molecule has 0 aromatic heterocycles. The Balaban J connectivity index is 1.55. The summed E-state index contributed by atoms with van der Waals surface area (Å²) in [5, 5.41) is 14.3. The van der Waals surface area contributed by atoms with Gasteiger partial charge in [0.25, 0.3) is 5.69 Å². The number of fused-ring (bicyclic) bond motifs is 3. The molecule has 0 bridgehead atoms. The molecule has 1 N–H and O–H groups in total. The maximum absolute atomic E-state index is 13.3. The second kappa shape index (κ2) is 10.3. The van der Waals surface area contributed by atoms with Gasteiger partial charge in [0.05, 0.1) is 16.9 Å². The number of piperazine rings is 1. The van der Waals surface area contributed by atoms with E-state index in [2.05, 4.69) is 15.1 Å². The number of nitro benzene ring substituents is 1. The Morgan fingerprint density at radius 2 is 2.03 bits per heavy atom. The molecule has 0 unspecified atom stereocenters. The molecule has 2 aliphatic rings. The first-order valence-corrected chi connectivity index (χ1v) is 11.2. The van der Waals surface area contributed by atoms with Crippen LogP contribution in [0.3, 0.4) is 0 Å². The summed E-state index contributed by atoms with van der Waals surface area (Å²) in [5.74, 6) is -0.619. The predicted octanol–water partition coefficient (Wildman–Crippen LogP) is 2.75. The van der Waals surface area contributed by atoms with E-state index in [0.717, 1.165) is 29.8 Å². The zero-order valence-electron chi connectivity index (χ0n) is 18.7. The van der Waals surface area contributed by atoms with E-state index >= 15 is 0 Å². The van der Waals surface area contributed by atoms with Crippen molar-refractivity contribution in [3.05, 3.63) is 69.5 Å². The third-order valence-electron chi connectivity index (χ3n) is 6.47. The summed E-state index contributed by atoms with van der Waals surface area (Å²) in [6.45, 7) is 3.96. The number of benzene rings is 2. The van der Waals surface area contributed by atoms with Gasteiger partial charge in [-0.3, -0.25) is 19.8 Å². The highest BCUT2D eigenvalue weighted by atomic mass is 19.1. The van der Waals surface area contributed by atoms with Crippen molar-refractivity contribution < 1.29 is 18.8 Å². The van der Waals surface area contributed by atoms with Crippen molar-refractivity contribution in [2.24, 2.45) is 5.92 Å². The van der Waals surface area contributed by atoms with Crippen LogP contribution in [0.5, 0.6) is 0 Å². The van der Waals surface area contributed by atoms with Crippen molar-refractivity contribution in [2.45, 2.75) is 25.4 Å². The number of anilines is 1. The van der Waals surface area contributed by atoms with Crippen molar-refractivity contribution >= 4 is 17.3 Å². The van der Waals surface area contributed by atoms with Gasteiger partial charge in [-0.25, -0.2) is 4.39 Å². The van der Waals surface area contributed by atoms with Crippen LogP contribution in [0.2, 0.25) is 0 Å². The lowest BCUT2D eigenvalue weighted by Crippen LogP contribution is -2.60. The summed E-state index contributed by atoms with van der Waals surface area (Å²) in [6, 6.07) is 11.4. The molecule has 0 aliphatic carbocycles. The fraction of sp³-hybridized carbons (Fsp3) is 0.458. The largest absolute Gasteiger partial charge is 0.385 e. The van der Waals surface area contributed by atoms with E-state index < -0.39 is 4.92 Å². The molecule has 0 saturated carbocycles. The average Bonchev–Trinajstić information content (AvgIpc) is 2.82. The number of rotatable bonds is 8. The minimum atomic E-state index is -0.396. The van der Waals surface area contributed by atoms with Crippen LogP contribution in [0, 0.1) is 21.8 Å². The minimum Gasteiger partial charge on any atom is -0.385 e. The molecule has 2 aromatic carbocycles. The van der Waals surface area contributed by atoms with Gasteiger partial charge in [0, 0.05) is 64.3 Å². The highest BCUT2D eigenvalue weighted by molar-refractivity contribution is 5.82. The standard InChI is InChI=1S/C24H29FN4O4/c1-33-12-2-9-26-24(30)21-14-18-13-20(29(31)32)7-8-22(18)28-11-10-27(16-23(21)28)15-17-3-5-19(25)6-4-17/h3-8,13,21,23H,2,9-12,14-16H2,1H3,(H,26,30)/t21-,23+/m0/s1. The molecule has 0 radical (unpaired) electrons. The summed E-state index contributed by atoms with van der Waals surface area (Å²) < 4.78 is 18.3. The van der Waals surface area contributed by atoms with Gasteiger partial charge in [-0.1, -0.05) is 12.1 Å². The van der Waals surface area contributed by atoms with Crippen LogP contribution in [0.25, 0.3) is 0 Å². The summed E-state index contributed by atoms with van der Waals surface area (Å²) in [7, 11) is 1.63. The van der Waals surface area contributed by atoms with Crippen molar-refractivity contribution in [2.75, 3.05) is 44.8 Å². The van der Waals surface area contributed by atoms with Crippen LogP contribution in [0.1, 0.15) is 17.5 Å². The number of hydrogen-bond acceptors (Lipinski definition) is 6. The second-order valence-electron chi connectivity index (χ2n) is 8.64. The minimum absolute atomic E-state index is 0.0399. The zero-order valence-corrected chi connectivity index (χ0v) is 18.7. The van der Waals surface area contributed by atoms with Crippen LogP contribution in [-0.4, -0.2) is 61.7 Å². The monoisotopic (exact) mass is 456 g/mol. The smallest absolute Gasteiger partial charge is 0.269 e. The number of hydrogen-bond donors (Lipinski definition) is 1. The quantitative estimate of drug-likeness (QED) is 0.373. The molecule has 0 spiro atoms. The lowest BCUT2D eigenvalue weighted by molar-refractivity contribution is -0.384. The number of amides is 1. The van der Waals surface area contributed by atoms with Crippen LogP contribution < -0.4 is 10.2 Å². The van der Waals surface area contributed by atoms with E-state index in [-0.39, 0.29) is 29.4 Å². The number of carbonyl (C=O) groups is 1. The van der Waals surface area contributed by atoms with Crippen LogP contribution >= 0.6 is 0 Å². The molecule has 9 heteroatoms. The molecule has 1 amide bonds.